The molecule has 0 spiro atoms. The van der Waals surface area contributed by atoms with Crippen molar-refractivity contribution in [1.82, 2.24) is 0 Å². The molecule has 0 rings (SSSR count). The van der Waals surface area contributed by atoms with Crippen molar-refractivity contribution in [2.24, 2.45) is 0 Å². The van der Waals surface area contributed by atoms with Crippen LogP contribution in [0, 0.1) is 0 Å². The molecule has 0 aromatic rings. The summed E-state index contributed by atoms with van der Waals surface area (Å²) in [5, 5.41) is 0. The monoisotopic (exact) mass is 245 g/mol. The van der Waals surface area contributed by atoms with E-state index in [0.29, 0.717) is 0 Å². The van der Waals surface area contributed by atoms with Crippen LogP contribution >= 0.6 is 0 Å². The number of hydrogen-bond donors (Lipinski definition) is 0. The molecule has 0 aliphatic carbocycles. The van der Waals surface area contributed by atoms with Gasteiger partial charge < -0.3 is 16.4 Å². The first-order valence-corrected chi connectivity index (χ1v) is 0. The smallest absolute Gasteiger partial charge is 2.00 e. The molecule has 0 fully saturated rings. The van der Waals surface area contributed by atoms with Crippen molar-refractivity contribution in [2.75, 3.05) is 0 Å². The van der Waals surface area contributed by atoms with Crippen LogP contribution in [0.1, 0.15) is 0 Å². The van der Waals surface area contributed by atoms with Crippen LogP contribution in [0.15, 0.2) is 0 Å². The molecule has 0 aliphatic heterocycles. The normalized spacial score (nSPS) is 0. The largest absolute Gasteiger partial charge is 6.00 e. The molecule has 0 bridgehead atoms. The molecule has 6 heteroatoms. The molecule has 3 nitrogen and oxygen atoms in total. The minimum Gasteiger partial charge on any atom is -2.00 e. The second-order valence-corrected chi connectivity index (χ2v) is 0. The van der Waals surface area contributed by atoms with E-state index in [1.165, 1.54) is 0 Å². The van der Waals surface area contributed by atoms with Gasteiger partial charge in [0, 0.05) is 40.3 Å². The molecule has 0 aromatic heterocycles. The van der Waals surface area contributed by atoms with Gasteiger partial charge in [0.05, 0.1) is 0 Å². The van der Waals surface area contributed by atoms with E-state index in [1.54, 1.807) is 0 Å². The van der Waals surface area contributed by atoms with Crippen molar-refractivity contribution in [3.8, 4) is 0 Å². The van der Waals surface area contributed by atoms with Crippen molar-refractivity contribution >= 4 is 0 Å². The first-order valence-electron chi connectivity index (χ1n) is 0. The van der Waals surface area contributed by atoms with E-state index in [0.717, 1.165) is 0 Å². The molecule has 6 heavy (non-hydrogen) atoms. The Morgan fingerprint density at radius 1 is 0.667 bits per heavy atom. The van der Waals surface area contributed by atoms with Gasteiger partial charge in [-0.15, -0.1) is 0 Å². The van der Waals surface area contributed by atoms with Gasteiger partial charge in [0.2, 0.25) is 0 Å². The van der Waals surface area contributed by atoms with Crippen molar-refractivity contribution in [2.45, 2.75) is 0 Å². The maximum absolute atomic E-state index is 0. The fourth-order valence-corrected chi connectivity index (χ4v) is 0. The molecule has 0 saturated heterocycles. The molecule has 33 valence electrons. The summed E-state index contributed by atoms with van der Waals surface area (Å²) in [5.74, 6) is 0. The van der Waals surface area contributed by atoms with Crippen molar-refractivity contribution in [3.05, 3.63) is 0 Å². The van der Waals surface area contributed by atoms with Gasteiger partial charge in [-0.3, -0.25) is 0 Å². The summed E-state index contributed by atoms with van der Waals surface area (Å²) in [5.41, 5.74) is 0. The summed E-state index contributed by atoms with van der Waals surface area (Å²) >= 11 is 0. The number of hydrogen-bond acceptors (Lipinski definition) is 0. The van der Waals surface area contributed by atoms with Gasteiger partial charge in [-0.05, 0) is 0 Å². The predicted molar refractivity (Wildman–Crippen MR) is 2.06 cm³/mol. The molecule has 0 atom stereocenters. The van der Waals surface area contributed by atoms with Crippen LogP contribution in [0.2, 0.25) is 0 Å². The predicted octanol–water partition coefficient (Wildman–Crippen LogP) is -0.364. The van der Waals surface area contributed by atoms with Crippen LogP contribution < -0.4 is 0 Å². The summed E-state index contributed by atoms with van der Waals surface area (Å²) in [4.78, 5) is 0. The van der Waals surface area contributed by atoms with Gasteiger partial charge in [-0.2, -0.15) is 0 Å². The Balaban J connectivity index is 0. The van der Waals surface area contributed by atoms with Crippen LogP contribution in [0.4, 0.5) is 0 Å². The summed E-state index contributed by atoms with van der Waals surface area (Å²) in [6, 6.07) is 0. The minimum absolute atomic E-state index is 0. The quantitative estimate of drug-likeness (QED) is 0.520. The van der Waals surface area contributed by atoms with E-state index in [4.69, 9.17) is 0 Å². The molecule has 0 amide bonds. The Morgan fingerprint density at radius 3 is 0.667 bits per heavy atom. The summed E-state index contributed by atoms with van der Waals surface area (Å²) in [7, 11) is 0. The van der Waals surface area contributed by atoms with Gasteiger partial charge in [0.1, 0.15) is 0 Å². The third-order valence-corrected chi connectivity index (χ3v) is 0. The van der Waals surface area contributed by atoms with E-state index >= 15 is 0 Å². The Morgan fingerprint density at radius 2 is 0.667 bits per heavy atom. The molecule has 0 heterocycles. The standard InChI is InChI=1S/Mo.3O.Ti.V/q+6;3*-2;;. The first-order chi connectivity index (χ1) is 0. The second-order valence-electron chi connectivity index (χ2n) is 0. The second kappa shape index (κ2) is 67.8. The zero-order valence-electron chi connectivity index (χ0n) is 2.58. The fraction of sp³-hybridized carbons (Fsp3) is 0. The maximum atomic E-state index is 0. The van der Waals surface area contributed by atoms with Crippen molar-refractivity contribution in [1.29, 1.82) is 0 Å². The Kier molecular flexibility index (Phi) is 1200. The molecule has 1 radical (unpaired) electrons. The Labute approximate surface area is 77.2 Å². The summed E-state index contributed by atoms with van der Waals surface area (Å²) in [6.45, 7) is 0. The Bertz CT molecular complexity index is 10.8. The van der Waals surface area contributed by atoms with E-state index in [1.807, 2.05) is 0 Å². The molecule has 0 N–H and O–H groups in total. The van der Waals surface area contributed by atoms with Gasteiger partial charge in [0.25, 0.3) is 0 Å². The van der Waals surface area contributed by atoms with Gasteiger partial charge in [-0.1, -0.05) is 0 Å². The van der Waals surface area contributed by atoms with E-state index in [2.05, 4.69) is 0 Å². The van der Waals surface area contributed by atoms with E-state index in [-0.39, 0.29) is 77.8 Å². The average Bonchev–Trinajstić information content (AvgIpc) is 0. The fourth-order valence-electron chi connectivity index (χ4n) is 0. The molecular formula is MoO3TiV. The third kappa shape index (κ3) is 39.9. The molecule has 0 saturated carbocycles. The van der Waals surface area contributed by atoms with Crippen LogP contribution in [0.3, 0.4) is 0 Å². The SMILES string of the molecule is [Mo+6].[O-2].[O-2].[O-2].[Ti].[V]. The zero-order chi connectivity index (χ0) is 0. The maximum Gasteiger partial charge on any atom is 6.00 e. The first kappa shape index (κ1) is 106. The Hall–Kier alpha value is 1.87. The van der Waals surface area contributed by atoms with Crippen LogP contribution in [0.25, 0.3) is 0 Å². The van der Waals surface area contributed by atoms with E-state index < -0.39 is 0 Å². The van der Waals surface area contributed by atoms with Crippen LogP contribution in [-0.4, -0.2) is 0 Å². The average molecular weight is 243 g/mol. The minimum atomic E-state index is 0. The van der Waals surface area contributed by atoms with Crippen LogP contribution in [0.5, 0.6) is 0 Å². The molecule has 0 unspecified atom stereocenters. The number of rotatable bonds is 0. The van der Waals surface area contributed by atoms with Gasteiger partial charge in [-0.25, -0.2) is 0 Å². The zero-order valence-corrected chi connectivity index (χ0v) is 7.55. The van der Waals surface area contributed by atoms with Gasteiger partial charge >= 0.3 is 21.1 Å². The van der Waals surface area contributed by atoms with Crippen molar-refractivity contribution < 1.29 is 77.8 Å². The van der Waals surface area contributed by atoms with E-state index in [9.17, 15) is 0 Å². The topological polar surface area (TPSA) is 85.5 Å². The molecular weight excluding hydrogens is 243 g/mol. The molecule has 0 aromatic carbocycles. The summed E-state index contributed by atoms with van der Waals surface area (Å²) < 4.78 is 0. The van der Waals surface area contributed by atoms with Gasteiger partial charge in [0.15, 0.2) is 0 Å². The third-order valence-electron chi connectivity index (χ3n) is 0. The summed E-state index contributed by atoms with van der Waals surface area (Å²) in [6.07, 6.45) is 0. The van der Waals surface area contributed by atoms with Crippen molar-refractivity contribution in [3.63, 3.8) is 0 Å². The molecule has 0 aliphatic rings. The van der Waals surface area contributed by atoms with Crippen LogP contribution in [-0.2, 0) is 77.8 Å².